The SMILES string of the molecule is NCC(Cc1ccccn1)c1ccccc1F. The van der Waals surface area contributed by atoms with Gasteiger partial charge < -0.3 is 5.73 Å². The maximum absolute atomic E-state index is 13.7. The minimum absolute atomic E-state index is 0.0221. The standard InChI is InChI=1S/C14H15FN2/c15-14-7-2-1-6-13(14)11(10-16)9-12-5-3-4-8-17-12/h1-8,11H,9-10,16H2. The van der Waals surface area contributed by atoms with Gasteiger partial charge in [0.05, 0.1) is 0 Å². The van der Waals surface area contributed by atoms with E-state index < -0.39 is 0 Å². The molecule has 0 aliphatic rings. The van der Waals surface area contributed by atoms with Crippen molar-refractivity contribution in [3.05, 3.63) is 65.7 Å². The van der Waals surface area contributed by atoms with E-state index in [2.05, 4.69) is 4.98 Å². The van der Waals surface area contributed by atoms with Crippen LogP contribution in [0.4, 0.5) is 4.39 Å². The van der Waals surface area contributed by atoms with E-state index in [9.17, 15) is 4.39 Å². The van der Waals surface area contributed by atoms with E-state index in [1.165, 1.54) is 6.07 Å². The van der Waals surface area contributed by atoms with E-state index in [4.69, 9.17) is 5.73 Å². The summed E-state index contributed by atoms with van der Waals surface area (Å²) in [4.78, 5) is 4.24. The van der Waals surface area contributed by atoms with Crippen molar-refractivity contribution in [1.29, 1.82) is 0 Å². The molecule has 17 heavy (non-hydrogen) atoms. The Hall–Kier alpha value is -1.74. The molecule has 1 unspecified atom stereocenters. The molecule has 1 aromatic heterocycles. The zero-order valence-electron chi connectivity index (χ0n) is 9.51. The first-order chi connectivity index (χ1) is 8.31. The molecule has 0 fully saturated rings. The molecular formula is C14H15FN2. The van der Waals surface area contributed by atoms with Gasteiger partial charge >= 0.3 is 0 Å². The second-order valence-corrected chi connectivity index (χ2v) is 3.98. The van der Waals surface area contributed by atoms with Crippen molar-refractivity contribution in [2.24, 2.45) is 5.73 Å². The molecule has 0 radical (unpaired) electrons. The third-order valence-electron chi connectivity index (χ3n) is 2.81. The molecule has 2 N–H and O–H groups in total. The van der Waals surface area contributed by atoms with E-state index in [1.54, 1.807) is 18.3 Å². The number of hydrogen-bond donors (Lipinski definition) is 1. The van der Waals surface area contributed by atoms with Crippen molar-refractivity contribution >= 4 is 0 Å². The smallest absolute Gasteiger partial charge is 0.126 e. The lowest BCUT2D eigenvalue weighted by Crippen LogP contribution is -2.16. The van der Waals surface area contributed by atoms with Gasteiger partial charge in [0.2, 0.25) is 0 Å². The third-order valence-corrected chi connectivity index (χ3v) is 2.81. The summed E-state index contributed by atoms with van der Waals surface area (Å²) in [6, 6.07) is 12.5. The Balaban J connectivity index is 2.21. The number of rotatable bonds is 4. The van der Waals surface area contributed by atoms with E-state index in [-0.39, 0.29) is 11.7 Å². The van der Waals surface area contributed by atoms with Crippen LogP contribution in [0.5, 0.6) is 0 Å². The molecule has 3 heteroatoms. The van der Waals surface area contributed by atoms with Crippen LogP contribution in [0.15, 0.2) is 48.7 Å². The summed E-state index contributed by atoms with van der Waals surface area (Å²) in [6.45, 7) is 0.414. The highest BCUT2D eigenvalue weighted by molar-refractivity contribution is 5.24. The van der Waals surface area contributed by atoms with Crippen molar-refractivity contribution in [2.45, 2.75) is 12.3 Å². The minimum Gasteiger partial charge on any atom is -0.330 e. The predicted octanol–water partition coefficient (Wildman–Crippen LogP) is 2.51. The summed E-state index contributed by atoms with van der Waals surface area (Å²) < 4.78 is 13.7. The van der Waals surface area contributed by atoms with Crippen molar-refractivity contribution in [1.82, 2.24) is 4.98 Å². The summed E-state index contributed by atoms with van der Waals surface area (Å²) in [5.74, 6) is -0.218. The Bertz CT molecular complexity index is 471. The number of benzene rings is 1. The van der Waals surface area contributed by atoms with Crippen LogP contribution in [-0.4, -0.2) is 11.5 Å². The summed E-state index contributed by atoms with van der Waals surface area (Å²) >= 11 is 0. The second kappa shape index (κ2) is 5.55. The fourth-order valence-electron chi connectivity index (χ4n) is 1.90. The van der Waals surface area contributed by atoms with Gasteiger partial charge in [0.15, 0.2) is 0 Å². The van der Waals surface area contributed by atoms with Crippen molar-refractivity contribution in [3.63, 3.8) is 0 Å². The molecule has 2 nitrogen and oxygen atoms in total. The summed E-state index contributed by atoms with van der Waals surface area (Å²) in [6.07, 6.45) is 2.41. The Labute approximate surface area is 100 Å². The molecule has 1 atom stereocenters. The molecule has 0 saturated carbocycles. The quantitative estimate of drug-likeness (QED) is 0.876. The highest BCUT2D eigenvalue weighted by Gasteiger charge is 2.14. The predicted molar refractivity (Wildman–Crippen MR) is 66.1 cm³/mol. The van der Waals surface area contributed by atoms with Gasteiger partial charge in [-0.15, -0.1) is 0 Å². The topological polar surface area (TPSA) is 38.9 Å². The number of pyridine rings is 1. The summed E-state index contributed by atoms with van der Waals surface area (Å²) in [7, 11) is 0. The molecule has 2 rings (SSSR count). The molecule has 0 spiro atoms. The lowest BCUT2D eigenvalue weighted by molar-refractivity contribution is 0.573. The fraction of sp³-hybridized carbons (Fsp3) is 0.214. The highest BCUT2D eigenvalue weighted by atomic mass is 19.1. The first-order valence-corrected chi connectivity index (χ1v) is 5.65. The molecular weight excluding hydrogens is 215 g/mol. The zero-order valence-corrected chi connectivity index (χ0v) is 9.51. The van der Waals surface area contributed by atoms with Gasteiger partial charge in [-0.25, -0.2) is 4.39 Å². The lowest BCUT2D eigenvalue weighted by Gasteiger charge is -2.15. The van der Waals surface area contributed by atoms with Crippen molar-refractivity contribution in [2.75, 3.05) is 6.54 Å². The number of nitrogens with two attached hydrogens (primary N) is 1. The average Bonchev–Trinajstić information content (AvgIpc) is 2.38. The van der Waals surface area contributed by atoms with Crippen LogP contribution in [0.3, 0.4) is 0 Å². The average molecular weight is 230 g/mol. The van der Waals surface area contributed by atoms with Crippen LogP contribution in [0.1, 0.15) is 17.2 Å². The van der Waals surface area contributed by atoms with Gasteiger partial charge in [0.1, 0.15) is 5.82 Å². The fourth-order valence-corrected chi connectivity index (χ4v) is 1.90. The molecule has 1 heterocycles. The largest absolute Gasteiger partial charge is 0.330 e. The van der Waals surface area contributed by atoms with Crippen molar-refractivity contribution in [3.8, 4) is 0 Å². The lowest BCUT2D eigenvalue weighted by atomic mass is 9.93. The monoisotopic (exact) mass is 230 g/mol. The first-order valence-electron chi connectivity index (χ1n) is 5.65. The normalized spacial score (nSPS) is 12.4. The van der Waals surface area contributed by atoms with Crippen LogP contribution in [-0.2, 0) is 6.42 Å². The minimum atomic E-state index is -0.195. The van der Waals surface area contributed by atoms with E-state index >= 15 is 0 Å². The van der Waals surface area contributed by atoms with Gasteiger partial charge in [-0.3, -0.25) is 4.98 Å². The summed E-state index contributed by atoms with van der Waals surface area (Å²) in [5.41, 5.74) is 7.33. The zero-order chi connectivity index (χ0) is 12.1. The van der Waals surface area contributed by atoms with Gasteiger partial charge in [0.25, 0.3) is 0 Å². The molecule has 2 aromatic rings. The molecule has 0 bridgehead atoms. The van der Waals surface area contributed by atoms with Crippen molar-refractivity contribution < 1.29 is 4.39 Å². The van der Waals surface area contributed by atoms with Crippen LogP contribution in [0.25, 0.3) is 0 Å². The van der Waals surface area contributed by atoms with E-state index in [1.807, 2.05) is 24.3 Å². The van der Waals surface area contributed by atoms with Gasteiger partial charge in [-0.05, 0) is 36.7 Å². The number of halogens is 1. The molecule has 0 aliphatic heterocycles. The third kappa shape index (κ3) is 2.88. The Morgan fingerprint density at radius 3 is 2.53 bits per heavy atom. The molecule has 1 aromatic carbocycles. The van der Waals surface area contributed by atoms with Crippen LogP contribution in [0.2, 0.25) is 0 Å². The Morgan fingerprint density at radius 1 is 1.12 bits per heavy atom. The number of hydrogen-bond acceptors (Lipinski definition) is 2. The highest BCUT2D eigenvalue weighted by Crippen LogP contribution is 2.21. The Kier molecular flexibility index (Phi) is 3.83. The molecule has 0 aliphatic carbocycles. The van der Waals surface area contributed by atoms with Gasteiger partial charge in [-0.2, -0.15) is 0 Å². The summed E-state index contributed by atoms with van der Waals surface area (Å²) in [5, 5.41) is 0. The maximum atomic E-state index is 13.7. The van der Waals surface area contributed by atoms with Crippen LogP contribution < -0.4 is 5.73 Å². The molecule has 0 saturated heterocycles. The van der Waals surface area contributed by atoms with Gasteiger partial charge in [-0.1, -0.05) is 24.3 Å². The molecule has 88 valence electrons. The van der Waals surface area contributed by atoms with E-state index in [0.29, 0.717) is 18.5 Å². The van der Waals surface area contributed by atoms with E-state index in [0.717, 1.165) is 5.69 Å². The van der Waals surface area contributed by atoms with Crippen LogP contribution >= 0.6 is 0 Å². The Morgan fingerprint density at radius 2 is 1.88 bits per heavy atom. The number of nitrogens with zero attached hydrogens (tertiary/aromatic N) is 1. The molecule has 0 amide bonds. The first kappa shape index (κ1) is 11.7. The second-order valence-electron chi connectivity index (χ2n) is 3.98. The maximum Gasteiger partial charge on any atom is 0.126 e. The van der Waals surface area contributed by atoms with Gasteiger partial charge in [0, 0.05) is 17.8 Å². The number of aromatic nitrogens is 1. The van der Waals surface area contributed by atoms with Crippen LogP contribution in [0, 0.1) is 5.82 Å².